The van der Waals surface area contributed by atoms with Crippen LogP contribution in [0.5, 0.6) is 5.75 Å². The van der Waals surface area contributed by atoms with Crippen molar-refractivity contribution in [2.24, 2.45) is 0 Å². The Morgan fingerprint density at radius 2 is 1.56 bits per heavy atom. The second-order valence-electron chi connectivity index (χ2n) is 7.50. The van der Waals surface area contributed by atoms with Crippen LogP contribution in [0.1, 0.15) is 0 Å². The molecular formula is C19H19N6O8PS2. The highest BCUT2D eigenvalue weighted by Gasteiger charge is 2.27. The van der Waals surface area contributed by atoms with Crippen molar-refractivity contribution < 1.29 is 35.7 Å². The van der Waals surface area contributed by atoms with E-state index in [-0.39, 0.29) is 17.4 Å². The normalized spacial score (nSPS) is 12.4. The number of rotatable bonds is 8. The lowest BCUT2D eigenvalue weighted by Crippen LogP contribution is -2.35. The van der Waals surface area contributed by atoms with Crippen LogP contribution >= 0.6 is 7.82 Å². The number of hydrogen-bond acceptors (Lipinski definition) is 10. The lowest BCUT2D eigenvalue weighted by atomic mass is 10.3. The van der Waals surface area contributed by atoms with Gasteiger partial charge in [-0.2, -0.15) is 13.8 Å². The van der Waals surface area contributed by atoms with E-state index in [9.17, 15) is 21.4 Å². The van der Waals surface area contributed by atoms with E-state index in [1.165, 1.54) is 47.3 Å². The molecule has 0 atom stereocenters. The molecule has 0 unspecified atom stereocenters. The first-order chi connectivity index (χ1) is 16.7. The van der Waals surface area contributed by atoms with Crippen LogP contribution < -0.4 is 13.6 Å². The second kappa shape index (κ2) is 9.15. The standard InChI is InChI=1S/C19H19N6O8PS2/c1-35(29,30)25(36(2,31)32)16-5-3-14(4-6-16)22-19-20-11-13-12-21-24(18(13)23-19)15-7-9-17(10-8-15)33-34(26,27)28/h3-12H,1-2H3,(H,20,22,23)(H2,26,27,28). The first-order valence-corrected chi connectivity index (χ1v) is 15.1. The van der Waals surface area contributed by atoms with E-state index >= 15 is 0 Å². The molecule has 0 aliphatic carbocycles. The third kappa shape index (κ3) is 5.80. The van der Waals surface area contributed by atoms with Crippen molar-refractivity contribution in [2.45, 2.75) is 0 Å². The monoisotopic (exact) mass is 554 g/mol. The van der Waals surface area contributed by atoms with Crippen LogP contribution in [0.25, 0.3) is 16.7 Å². The Morgan fingerprint density at radius 3 is 2.11 bits per heavy atom. The molecule has 2 heterocycles. The highest BCUT2D eigenvalue weighted by atomic mass is 32.3. The molecule has 190 valence electrons. The van der Waals surface area contributed by atoms with Crippen LogP contribution in [0.2, 0.25) is 0 Å². The van der Waals surface area contributed by atoms with E-state index in [0.717, 1.165) is 12.5 Å². The van der Waals surface area contributed by atoms with Gasteiger partial charge in [0.15, 0.2) is 5.65 Å². The SMILES string of the molecule is CS(=O)(=O)N(c1ccc(Nc2ncc3cnn(-c4ccc(OP(=O)(O)O)cc4)c3n2)cc1)S(C)(=O)=O. The molecule has 0 radical (unpaired) electrons. The molecule has 0 saturated carbocycles. The van der Waals surface area contributed by atoms with Gasteiger partial charge in [-0.1, -0.05) is 0 Å². The van der Waals surface area contributed by atoms with Crippen LogP contribution in [0.15, 0.2) is 60.9 Å². The number of phosphoric ester groups is 1. The molecule has 17 heteroatoms. The summed E-state index contributed by atoms with van der Waals surface area (Å²) in [5.74, 6) is 0.163. The van der Waals surface area contributed by atoms with Crippen LogP contribution in [0.4, 0.5) is 17.3 Å². The molecule has 4 aromatic rings. The van der Waals surface area contributed by atoms with E-state index in [4.69, 9.17) is 9.79 Å². The highest BCUT2D eigenvalue weighted by molar-refractivity contribution is 8.09. The van der Waals surface area contributed by atoms with Crippen molar-refractivity contribution in [3.63, 3.8) is 0 Å². The molecule has 36 heavy (non-hydrogen) atoms. The number of phosphoric acid groups is 1. The van der Waals surface area contributed by atoms with E-state index in [0.29, 0.717) is 26.1 Å². The van der Waals surface area contributed by atoms with Crippen LogP contribution in [-0.4, -0.2) is 58.9 Å². The summed E-state index contributed by atoms with van der Waals surface area (Å²) in [6.07, 6.45) is 4.66. The van der Waals surface area contributed by atoms with Gasteiger partial charge < -0.3 is 9.84 Å². The predicted octanol–water partition coefficient (Wildman–Crippen LogP) is 1.76. The molecule has 0 fully saturated rings. The minimum absolute atomic E-state index is 0.0192. The molecule has 0 amide bonds. The highest BCUT2D eigenvalue weighted by Crippen LogP contribution is 2.37. The third-order valence-electron chi connectivity index (χ3n) is 4.55. The van der Waals surface area contributed by atoms with Gasteiger partial charge in [0, 0.05) is 11.9 Å². The summed E-state index contributed by atoms with van der Waals surface area (Å²) >= 11 is 0. The molecule has 0 aliphatic rings. The minimum Gasteiger partial charge on any atom is -0.404 e. The predicted molar refractivity (Wildman–Crippen MR) is 131 cm³/mol. The van der Waals surface area contributed by atoms with Crippen molar-refractivity contribution in [3.05, 3.63) is 60.9 Å². The molecule has 0 spiro atoms. The summed E-state index contributed by atoms with van der Waals surface area (Å²) in [5, 5.41) is 7.84. The van der Waals surface area contributed by atoms with E-state index < -0.39 is 27.9 Å². The molecule has 0 bridgehead atoms. The van der Waals surface area contributed by atoms with Crippen molar-refractivity contribution in [2.75, 3.05) is 21.5 Å². The van der Waals surface area contributed by atoms with Crippen molar-refractivity contribution in [3.8, 4) is 11.4 Å². The Morgan fingerprint density at radius 1 is 0.944 bits per heavy atom. The van der Waals surface area contributed by atoms with Crippen LogP contribution in [0.3, 0.4) is 0 Å². The number of anilines is 3. The third-order valence-corrected chi connectivity index (χ3v) is 8.25. The summed E-state index contributed by atoms with van der Waals surface area (Å²) in [7, 11) is -12.8. The lowest BCUT2D eigenvalue weighted by Gasteiger charge is -2.19. The zero-order valence-corrected chi connectivity index (χ0v) is 21.1. The quantitative estimate of drug-likeness (QED) is 0.268. The summed E-state index contributed by atoms with van der Waals surface area (Å²) < 4.78 is 65.1. The first kappa shape index (κ1) is 25.5. The second-order valence-corrected chi connectivity index (χ2v) is 12.6. The summed E-state index contributed by atoms with van der Waals surface area (Å²) in [5.41, 5.74) is 1.38. The zero-order valence-electron chi connectivity index (χ0n) is 18.6. The van der Waals surface area contributed by atoms with E-state index in [2.05, 4.69) is 24.9 Å². The maximum atomic E-state index is 11.9. The molecule has 4 rings (SSSR count). The van der Waals surface area contributed by atoms with Gasteiger partial charge in [-0.05, 0) is 48.5 Å². The average molecular weight is 555 g/mol. The van der Waals surface area contributed by atoms with Gasteiger partial charge >= 0.3 is 7.82 Å². The molecule has 0 saturated heterocycles. The fourth-order valence-electron chi connectivity index (χ4n) is 3.28. The Kier molecular flexibility index (Phi) is 6.49. The van der Waals surface area contributed by atoms with Gasteiger partial charge in [0.2, 0.25) is 26.0 Å². The summed E-state index contributed by atoms with van der Waals surface area (Å²) in [6, 6.07) is 11.4. The maximum absolute atomic E-state index is 11.9. The fraction of sp³-hybridized carbons (Fsp3) is 0.105. The maximum Gasteiger partial charge on any atom is 0.524 e. The Balaban J connectivity index is 1.60. The topological polar surface area (TPSA) is 194 Å². The van der Waals surface area contributed by atoms with E-state index in [1.54, 1.807) is 18.3 Å². The summed E-state index contributed by atoms with van der Waals surface area (Å²) in [6.45, 7) is 0. The molecule has 2 aromatic heterocycles. The van der Waals surface area contributed by atoms with Crippen molar-refractivity contribution in [1.29, 1.82) is 0 Å². The van der Waals surface area contributed by atoms with Crippen LogP contribution in [-0.2, 0) is 24.6 Å². The Labute approximate surface area is 205 Å². The van der Waals surface area contributed by atoms with Gasteiger partial charge in [-0.3, -0.25) is 9.79 Å². The lowest BCUT2D eigenvalue weighted by molar-refractivity contribution is 0.283. The molecule has 0 aliphatic heterocycles. The summed E-state index contributed by atoms with van der Waals surface area (Å²) in [4.78, 5) is 26.5. The number of nitrogens with zero attached hydrogens (tertiary/aromatic N) is 5. The molecular weight excluding hydrogens is 535 g/mol. The van der Waals surface area contributed by atoms with Gasteiger partial charge in [-0.15, -0.1) is 0 Å². The zero-order chi connectivity index (χ0) is 26.3. The number of hydrogen-bond donors (Lipinski definition) is 3. The van der Waals surface area contributed by atoms with Gasteiger partial charge in [0.05, 0.1) is 35.5 Å². The molecule has 3 N–H and O–H groups in total. The molecule has 14 nitrogen and oxygen atoms in total. The fourth-order valence-corrected chi connectivity index (χ4v) is 6.65. The Hall–Kier alpha value is -3.56. The van der Waals surface area contributed by atoms with Crippen molar-refractivity contribution >= 4 is 56.2 Å². The van der Waals surface area contributed by atoms with Crippen LogP contribution in [0, 0.1) is 0 Å². The van der Waals surface area contributed by atoms with Gasteiger partial charge in [0.25, 0.3) is 0 Å². The minimum atomic E-state index is -4.68. The smallest absolute Gasteiger partial charge is 0.404 e. The number of nitrogens with one attached hydrogen (secondary N) is 1. The molecule has 2 aromatic carbocycles. The largest absolute Gasteiger partial charge is 0.524 e. The Bertz CT molecular complexity index is 1650. The van der Waals surface area contributed by atoms with E-state index in [1.807, 2.05) is 0 Å². The number of fused-ring (bicyclic) bond motifs is 1. The first-order valence-electron chi connectivity index (χ1n) is 9.85. The van der Waals surface area contributed by atoms with Gasteiger partial charge in [-0.25, -0.2) is 31.1 Å². The van der Waals surface area contributed by atoms with Crippen molar-refractivity contribution in [1.82, 2.24) is 19.7 Å². The number of benzene rings is 2. The average Bonchev–Trinajstić information content (AvgIpc) is 3.16. The number of sulfonamides is 2. The van der Waals surface area contributed by atoms with Gasteiger partial charge in [0.1, 0.15) is 5.75 Å². The number of aromatic nitrogens is 4.